The molecule has 16 heavy (non-hydrogen) atoms. The highest BCUT2D eigenvalue weighted by molar-refractivity contribution is 9.10. The number of hydrogen-bond acceptors (Lipinski definition) is 3. The van der Waals surface area contributed by atoms with Crippen molar-refractivity contribution in [1.82, 2.24) is 0 Å². The number of halogens is 1. The summed E-state index contributed by atoms with van der Waals surface area (Å²) in [6.07, 6.45) is 1.30. The van der Waals surface area contributed by atoms with Crippen molar-refractivity contribution in [3.8, 4) is 11.1 Å². The maximum Gasteiger partial charge on any atom is 0.272 e. The maximum absolute atomic E-state index is 11.2. The minimum atomic E-state index is -3.83. The van der Waals surface area contributed by atoms with Crippen molar-refractivity contribution in [2.75, 3.05) is 0 Å². The number of furan rings is 1. The van der Waals surface area contributed by atoms with Crippen LogP contribution in [0, 0.1) is 0 Å². The Morgan fingerprint density at radius 2 is 2.00 bits per heavy atom. The highest BCUT2D eigenvalue weighted by Gasteiger charge is 2.18. The summed E-state index contributed by atoms with van der Waals surface area (Å²) in [5, 5.41) is 4.83. The van der Waals surface area contributed by atoms with Crippen LogP contribution < -0.4 is 5.14 Å². The van der Waals surface area contributed by atoms with Crippen molar-refractivity contribution in [3.63, 3.8) is 0 Å². The van der Waals surface area contributed by atoms with Crippen LogP contribution in [-0.2, 0) is 10.0 Å². The van der Waals surface area contributed by atoms with Gasteiger partial charge in [0.2, 0.25) is 5.09 Å². The number of rotatable bonds is 2. The van der Waals surface area contributed by atoms with Crippen LogP contribution in [0.2, 0.25) is 0 Å². The van der Waals surface area contributed by atoms with Gasteiger partial charge >= 0.3 is 0 Å². The van der Waals surface area contributed by atoms with Crippen molar-refractivity contribution >= 4 is 26.0 Å². The fourth-order valence-corrected chi connectivity index (χ4v) is 2.47. The van der Waals surface area contributed by atoms with Crippen LogP contribution in [0.3, 0.4) is 0 Å². The van der Waals surface area contributed by atoms with E-state index < -0.39 is 10.0 Å². The number of primary sulfonamides is 1. The first kappa shape index (κ1) is 11.4. The van der Waals surface area contributed by atoms with Crippen LogP contribution in [0.15, 0.2) is 50.6 Å². The highest BCUT2D eigenvalue weighted by atomic mass is 79.9. The van der Waals surface area contributed by atoms with Crippen molar-refractivity contribution in [3.05, 3.63) is 41.1 Å². The molecule has 2 N–H and O–H groups in total. The molecule has 1 aromatic heterocycles. The number of sulfonamides is 1. The Morgan fingerprint density at radius 1 is 1.25 bits per heavy atom. The lowest BCUT2D eigenvalue weighted by atomic mass is 10.1. The first-order valence-electron chi connectivity index (χ1n) is 4.35. The van der Waals surface area contributed by atoms with Gasteiger partial charge in [0.15, 0.2) is 0 Å². The van der Waals surface area contributed by atoms with E-state index in [-0.39, 0.29) is 5.09 Å². The second-order valence-electron chi connectivity index (χ2n) is 3.18. The molecule has 0 aliphatic rings. The molecule has 2 aromatic rings. The van der Waals surface area contributed by atoms with Gasteiger partial charge in [0.25, 0.3) is 10.0 Å². The quantitative estimate of drug-likeness (QED) is 0.925. The van der Waals surface area contributed by atoms with Gasteiger partial charge in [0.1, 0.15) is 0 Å². The Bertz CT molecular complexity index is 618. The Balaban J connectivity index is 2.62. The zero-order valence-electron chi connectivity index (χ0n) is 8.05. The van der Waals surface area contributed by atoms with E-state index in [0.717, 1.165) is 10.0 Å². The lowest BCUT2D eigenvalue weighted by molar-refractivity contribution is 0.452. The fourth-order valence-electron chi connectivity index (χ4n) is 1.39. The van der Waals surface area contributed by atoms with E-state index in [4.69, 9.17) is 9.56 Å². The molecule has 84 valence electrons. The molecule has 6 heteroatoms. The standard InChI is InChI=1S/C10H8BrNO3S/c11-8-3-1-2-7(6-8)9-4-5-15-10(9)16(12,13)14/h1-6H,(H2,12,13,14). The van der Waals surface area contributed by atoms with Gasteiger partial charge in [-0.15, -0.1) is 0 Å². The molecule has 0 amide bonds. The minimum absolute atomic E-state index is 0.217. The van der Waals surface area contributed by atoms with Crippen LogP contribution in [-0.4, -0.2) is 8.42 Å². The van der Waals surface area contributed by atoms with Gasteiger partial charge in [0, 0.05) is 10.0 Å². The predicted molar refractivity (Wildman–Crippen MR) is 63.2 cm³/mol. The van der Waals surface area contributed by atoms with Gasteiger partial charge in [-0.2, -0.15) is 0 Å². The molecule has 0 saturated carbocycles. The third kappa shape index (κ3) is 2.18. The van der Waals surface area contributed by atoms with Crippen LogP contribution in [0.4, 0.5) is 0 Å². The van der Waals surface area contributed by atoms with E-state index >= 15 is 0 Å². The number of benzene rings is 1. The second-order valence-corrected chi connectivity index (χ2v) is 5.55. The SMILES string of the molecule is NS(=O)(=O)c1occc1-c1cccc(Br)c1. The van der Waals surface area contributed by atoms with Crippen molar-refractivity contribution < 1.29 is 12.8 Å². The summed E-state index contributed by atoms with van der Waals surface area (Å²) < 4.78 is 28.2. The van der Waals surface area contributed by atoms with Crippen molar-refractivity contribution in [2.24, 2.45) is 5.14 Å². The fraction of sp³-hybridized carbons (Fsp3) is 0. The molecule has 0 radical (unpaired) electrons. The molecule has 1 heterocycles. The average Bonchev–Trinajstić information content (AvgIpc) is 2.65. The molecule has 0 fully saturated rings. The Labute approximate surface area is 101 Å². The molecule has 0 saturated heterocycles. The molecular weight excluding hydrogens is 294 g/mol. The van der Waals surface area contributed by atoms with Crippen LogP contribution in [0.25, 0.3) is 11.1 Å². The van der Waals surface area contributed by atoms with E-state index in [0.29, 0.717) is 5.56 Å². The molecule has 1 aromatic carbocycles. The number of hydrogen-bond donors (Lipinski definition) is 1. The monoisotopic (exact) mass is 301 g/mol. The summed E-state index contributed by atoms with van der Waals surface area (Å²) in [7, 11) is -3.83. The first-order valence-corrected chi connectivity index (χ1v) is 6.68. The van der Waals surface area contributed by atoms with Crippen LogP contribution in [0.1, 0.15) is 0 Å². The smallest absolute Gasteiger partial charge is 0.272 e. The molecule has 0 aliphatic heterocycles. The van der Waals surface area contributed by atoms with Gasteiger partial charge < -0.3 is 4.42 Å². The summed E-state index contributed by atoms with van der Waals surface area (Å²) >= 11 is 3.31. The zero-order valence-corrected chi connectivity index (χ0v) is 10.5. The van der Waals surface area contributed by atoms with E-state index in [1.54, 1.807) is 24.3 Å². The van der Waals surface area contributed by atoms with E-state index in [2.05, 4.69) is 15.9 Å². The Hall–Kier alpha value is -1.11. The second kappa shape index (κ2) is 4.04. The molecule has 4 nitrogen and oxygen atoms in total. The normalized spacial score (nSPS) is 11.6. The van der Waals surface area contributed by atoms with Crippen molar-refractivity contribution in [1.29, 1.82) is 0 Å². The zero-order chi connectivity index (χ0) is 11.8. The third-order valence-corrected chi connectivity index (χ3v) is 3.35. The first-order chi connectivity index (χ1) is 7.48. The Kier molecular flexibility index (Phi) is 2.88. The summed E-state index contributed by atoms with van der Waals surface area (Å²) in [5.74, 6) is 0. The predicted octanol–water partition coefficient (Wildman–Crippen LogP) is 2.36. The summed E-state index contributed by atoms with van der Waals surface area (Å²) in [6, 6.07) is 8.80. The molecule has 0 unspecified atom stereocenters. The molecule has 0 aliphatic carbocycles. The minimum Gasteiger partial charge on any atom is -0.451 e. The number of nitrogens with two attached hydrogens (primary N) is 1. The van der Waals surface area contributed by atoms with Crippen LogP contribution >= 0.6 is 15.9 Å². The van der Waals surface area contributed by atoms with Crippen LogP contribution in [0.5, 0.6) is 0 Å². The van der Waals surface area contributed by atoms with Gasteiger partial charge in [-0.3, -0.25) is 0 Å². The van der Waals surface area contributed by atoms with Crippen molar-refractivity contribution in [2.45, 2.75) is 5.09 Å². The maximum atomic E-state index is 11.2. The lowest BCUT2D eigenvalue weighted by Gasteiger charge is -2.01. The lowest BCUT2D eigenvalue weighted by Crippen LogP contribution is -2.12. The molecule has 0 atom stereocenters. The van der Waals surface area contributed by atoms with E-state index in [1.165, 1.54) is 6.26 Å². The van der Waals surface area contributed by atoms with Gasteiger partial charge in [-0.05, 0) is 23.8 Å². The molecular formula is C10H8BrNO3S. The Morgan fingerprint density at radius 3 is 2.62 bits per heavy atom. The molecule has 2 rings (SSSR count). The summed E-state index contributed by atoms with van der Waals surface area (Å²) in [5.41, 5.74) is 1.19. The summed E-state index contributed by atoms with van der Waals surface area (Å²) in [4.78, 5) is 0. The summed E-state index contributed by atoms with van der Waals surface area (Å²) in [6.45, 7) is 0. The third-order valence-electron chi connectivity index (χ3n) is 2.02. The van der Waals surface area contributed by atoms with Gasteiger partial charge in [-0.1, -0.05) is 28.1 Å². The highest BCUT2D eigenvalue weighted by Crippen LogP contribution is 2.29. The van der Waals surface area contributed by atoms with E-state index in [9.17, 15) is 8.42 Å². The molecule has 0 bridgehead atoms. The average molecular weight is 302 g/mol. The largest absolute Gasteiger partial charge is 0.451 e. The van der Waals surface area contributed by atoms with Gasteiger partial charge in [0.05, 0.1) is 6.26 Å². The van der Waals surface area contributed by atoms with Gasteiger partial charge in [-0.25, -0.2) is 13.6 Å². The van der Waals surface area contributed by atoms with E-state index in [1.807, 2.05) is 6.07 Å². The topological polar surface area (TPSA) is 73.3 Å². The molecule has 0 spiro atoms.